The van der Waals surface area contributed by atoms with Crippen LogP contribution in [0.1, 0.15) is 23.1 Å². The summed E-state index contributed by atoms with van der Waals surface area (Å²) in [5.41, 5.74) is 8.31. The molecule has 0 atom stereocenters. The van der Waals surface area contributed by atoms with Gasteiger partial charge in [0.1, 0.15) is 5.75 Å². The van der Waals surface area contributed by atoms with Gasteiger partial charge in [-0.15, -0.1) is 0 Å². The summed E-state index contributed by atoms with van der Waals surface area (Å²) in [4.78, 5) is 25.3. The van der Waals surface area contributed by atoms with Crippen LogP contribution in [-0.4, -0.2) is 34.3 Å². The summed E-state index contributed by atoms with van der Waals surface area (Å²) < 4.78 is 0. The Morgan fingerprint density at radius 1 is 1.00 bits per heavy atom. The second kappa shape index (κ2) is 8.55. The van der Waals surface area contributed by atoms with Crippen LogP contribution in [0.15, 0.2) is 65.8 Å². The van der Waals surface area contributed by atoms with Crippen LogP contribution < -0.4 is 10.3 Å². The zero-order valence-corrected chi connectivity index (χ0v) is 17.8. The number of hydrogen-bond acceptors (Lipinski definition) is 5. The highest BCUT2D eigenvalue weighted by Gasteiger charge is 2.34. The number of carboxylic acid groups (broad SMARTS) is 1. The van der Waals surface area contributed by atoms with Gasteiger partial charge in [0.2, 0.25) is 0 Å². The van der Waals surface area contributed by atoms with Crippen molar-refractivity contribution in [2.45, 2.75) is 20.3 Å². The smallest absolute Gasteiger partial charge is 0.305 e. The van der Waals surface area contributed by atoms with Crippen molar-refractivity contribution in [1.29, 1.82) is 0 Å². The Morgan fingerprint density at radius 3 is 2.41 bits per heavy atom. The number of fused-ring (bicyclic) bond motifs is 1. The van der Waals surface area contributed by atoms with E-state index >= 15 is 0 Å². The molecule has 0 aliphatic carbocycles. The number of nitrogens with one attached hydrogen (secondary N) is 1. The Morgan fingerprint density at radius 2 is 1.69 bits per heavy atom. The minimum Gasteiger partial charge on any atom is -0.505 e. The molecule has 0 bridgehead atoms. The Kier molecular flexibility index (Phi) is 5.64. The van der Waals surface area contributed by atoms with Crippen LogP contribution in [0, 0.1) is 13.8 Å². The van der Waals surface area contributed by atoms with E-state index in [1.807, 2.05) is 32.0 Å². The van der Waals surface area contributed by atoms with Crippen molar-refractivity contribution in [2.24, 2.45) is 5.10 Å². The minimum atomic E-state index is -0.980. The molecule has 32 heavy (non-hydrogen) atoms. The van der Waals surface area contributed by atoms with Gasteiger partial charge < -0.3 is 15.1 Å². The highest BCUT2D eigenvalue weighted by Crippen LogP contribution is 2.36. The molecule has 1 heterocycles. The molecule has 0 radical (unpaired) electrons. The van der Waals surface area contributed by atoms with Gasteiger partial charge in [-0.05, 0) is 31.5 Å². The lowest BCUT2D eigenvalue weighted by Crippen LogP contribution is -2.32. The Labute approximate surface area is 185 Å². The number of carbonyl (C=O) groups is 2. The van der Waals surface area contributed by atoms with Gasteiger partial charge in [0.15, 0.2) is 5.71 Å². The van der Waals surface area contributed by atoms with E-state index in [2.05, 4.69) is 16.6 Å². The first-order valence-electron chi connectivity index (χ1n) is 10.2. The zero-order chi connectivity index (χ0) is 22.8. The van der Waals surface area contributed by atoms with Gasteiger partial charge in [-0.3, -0.25) is 15.0 Å². The number of aryl methyl sites for hydroxylation is 2. The molecular formula is C25H23N3O4. The third-order valence-corrected chi connectivity index (χ3v) is 5.30. The summed E-state index contributed by atoms with van der Waals surface area (Å²) in [6, 6.07) is 18.5. The van der Waals surface area contributed by atoms with Gasteiger partial charge >= 0.3 is 5.97 Å². The lowest BCUT2D eigenvalue weighted by molar-refractivity contribution is -0.136. The molecule has 0 fully saturated rings. The van der Waals surface area contributed by atoms with Gasteiger partial charge in [-0.25, -0.2) is 0 Å². The maximum absolute atomic E-state index is 12.9. The van der Waals surface area contributed by atoms with Crippen molar-refractivity contribution in [3.63, 3.8) is 0 Å². The zero-order valence-electron chi connectivity index (χ0n) is 17.8. The van der Waals surface area contributed by atoms with E-state index in [0.717, 1.165) is 16.7 Å². The molecule has 3 aromatic rings. The highest BCUT2D eigenvalue weighted by atomic mass is 16.4. The first-order valence-corrected chi connectivity index (χ1v) is 10.2. The second-order valence-electron chi connectivity index (χ2n) is 7.77. The van der Waals surface area contributed by atoms with Crippen molar-refractivity contribution in [1.82, 2.24) is 0 Å². The lowest BCUT2D eigenvalue weighted by Gasteiger charge is -2.15. The number of carbonyl (C=O) groups excluding carboxylic acids is 1. The number of rotatable bonds is 6. The van der Waals surface area contributed by atoms with Crippen LogP contribution >= 0.6 is 0 Å². The molecule has 0 spiro atoms. The third kappa shape index (κ3) is 4.05. The SMILES string of the molecule is Cc1cc(C)cc(-c2cccc(N/N=C3\C(=O)N(CCC(=O)O)c4ccccc43)c2O)c1. The molecule has 0 saturated carbocycles. The van der Waals surface area contributed by atoms with E-state index in [4.69, 9.17) is 5.11 Å². The van der Waals surface area contributed by atoms with E-state index in [0.29, 0.717) is 22.5 Å². The average molecular weight is 429 g/mol. The van der Waals surface area contributed by atoms with Gasteiger partial charge in [0.05, 0.1) is 17.8 Å². The largest absolute Gasteiger partial charge is 0.505 e. The van der Waals surface area contributed by atoms with Gasteiger partial charge in [0, 0.05) is 17.7 Å². The maximum atomic E-state index is 12.9. The monoisotopic (exact) mass is 429 g/mol. The number of para-hydroxylation sites is 2. The first-order chi connectivity index (χ1) is 15.3. The van der Waals surface area contributed by atoms with Gasteiger partial charge in [-0.1, -0.05) is 59.7 Å². The van der Waals surface area contributed by atoms with Crippen molar-refractivity contribution in [3.8, 4) is 16.9 Å². The molecule has 3 N–H and O–H groups in total. The number of hydrazone groups is 1. The number of carboxylic acids is 1. The number of benzene rings is 3. The number of aromatic hydroxyl groups is 1. The Hall–Kier alpha value is -4.13. The number of phenolic OH excluding ortho intramolecular Hbond substituents is 1. The first kappa shape index (κ1) is 21.1. The van der Waals surface area contributed by atoms with Gasteiger partial charge in [-0.2, -0.15) is 5.10 Å². The molecule has 3 aromatic carbocycles. The van der Waals surface area contributed by atoms with E-state index in [9.17, 15) is 14.7 Å². The van der Waals surface area contributed by atoms with E-state index in [1.165, 1.54) is 4.90 Å². The molecule has 7 heteroatoms. The number of amides is 1. The van der Waals surface area contributed by atoms with Crippen LogP contribution in [0.3, 0.4) is 0 Å². The van der Waals surface area contributed by atoms with E-state index in [-0.39, 0.29) is 30.3 Å². The van der Waals surface area contributed by atoms with E-state index in [1.54, 1.807) is 36.4 Å². The summed E-state index contributed by atoms with van der Waals surface area (Å²) >= 11 is 0. The van der Waals surface area contributed by atoms with E-state index < -0.39 is 5.97 Å². The van der Waals surface area contributed by atoms with Crippen molar-refractivity contribution in [3.05, 3.63) is 77.4 Å². The molecule has 7 nitrogen and oxygen atoms in total. The number of nitrogens with zero attached hydrogens (tertiary/aromatic N) is 2. The van der Waals surface area contributed by atoms with Crippen molar-refractivity contribution < 1.29 is 19.8 Å². The molecule has 1 amide bonds. The maximum Gasteiger partial charge on any atom is 0.305 e. The fraction of sp³-hybridized carbons (Fsp3) is 0.160. The number of phenols is 1. The molecule has 0 unspecified atom stereocenters. The predicted octanol–water partition coefficient (Wildman–Crippen LogP) is 4.31. The quantitative estimate of drug-likeness (QED) is 0.400. The Bertz CT molecular complexity index is 1230. The molecule has 4 rings (SSSR count). The minimum absolute atomic E-state index is 0.0308. The summed E-state index contributed by atoms with van der Waals surface area (Å²) in [6.07, 6.45) is -0.167. The second-order valence-corrected chi connectivity index (χ2v) is 7.77. The number of hydrogen-bond donors (Lipinski definition) is 3. The fourth-order valence-corrected chi connectivity index (χ4v) is 3.91. The number of aliphatic carboxylic acids is 1. The van der Waals surface area contributed by atoms with Crippen molar-refractivity contribution >= 4 is 29.0 Å². The summed E-state index contributed by atoms with van der Waals surface area (Å²) in [6.45, 7) is 4.05. The predicted molar refractivity (Wildman–Crippen MR) is 124 cm³/mol. The third-order valence-electron chi connectivity index (χ3n) is 5.30. The van der Waals surface area contributed by atoms with Crippen LogP contribution in [0.2, 0.25) is 0 Å². The van der Waals surface area contributed by atoms with Crippen LogP contribution in [0.25, 0.3) is 11.1 Å². The summed E-state index contributed by atoms with van der Waals surface area (Å²) in [5.74, 6) is -1.33. The van der Waals surface area contributed by atoms with Crippen LogP contribution in [-0.2, 0) is 9.59 Å². The van der Waals surface area contributed by atoms with Crippen LogP contribution in [0.4, 0.5) is 11.4 Å². The average Bonchev–Trinajstić information content (AvgIpc) is 3.01. The molecule has 162 valence electrons. The summed E-state index contributed by atoms with van der Waals surface area (Å²) in [7, 11) is 0. The Balaban J connectivity index is 1.66. The molecule has 1 aliphatic heterocycles. The summed E-state index contributed by atoms with van der Waals surface area (Å²) in [5, 5.41) is 24.2. The van der Waals surface area contributed by atoms with Gasteiger partial charge in [0.25, 0.3) is 5.91 Å². The lowest BCUT2D eigenvalue weighted by atomic mass is 9.99. The molecule has 0 aromatic heterocycles. The fourth-order valence-electron chi connectivity index (χ4n) is 3.91. The normalized spacial score (nSPS) is 14.0. The molecular weight excluding hydrogens is 406 g/mol. The van der Waals surface area contributed by atoms with Crippen LogP contribution in [0.5, 0.6) is 5.75 Å². The standard InChI is InChI=1S/C25H23N3O4/c1-15-12-16(2)14-17(13-15)18-7-5-8-20(24(18)31)26-27-23-19-6-3-4-9-21(19)28(25(23)32)11-10-22(29)30/h3-9,12-14,26,31H,10-11H2,1-2H3,(H,29,30)/b27-23-. The molecule has 1 aliphatic rings. The number of anilines is 2. The molecule has 0 saturated heterocycles. The van der Waals surface area contributed by atoms with Crippen molar-refractivity contribution in [2.75, 3.05) is 16.9 Å². The topological polar surface area (TPSA) is 102 Å². The highest BCUT2D eigenvalue weighted by molar-refractivity contribution is 6.54.